The van der Waals surface area contributed by atoms with E-state index in [1.165, 1.54) is 27.0 Å². The lowest BCUT2D eigenvalue weighted by molar-refractivity contribution is 0.0332. The maximum Gasteiger partial charge on any atom is 0.255 e. The number of benzene rings is 2. The molecule has 1 aliphatic rings. The molecule has 1 fully saturated rings. The van der Waals surface area contributed by atoms with Crippen molar-refractivity contribution in [2.24, 2.45) is 12.0 Å². The van der Waals surface area contributed by atoms with Crippen LogP contribution in [0.15, 0.2) is 46.8 Å². The number of hydrogen-bond donors (Lipinski definition) is 1. The SMILES string of the molecule is COc1cc(C(=O)Nc2ccccc2CN=c2scc(CN3CCOCC3)n2C)cc(OC)c1OC. The molecular weight excluding hydrogens is 480 g/mol. The molecule has 3 aromatic rings. The predicted octanol–water partition coefficient (Wildman–Crippen LogP) is 3.30. The molecule has 1 N–H and O–H groups in total. The van der Waals surface area contributed by atoms with Gasteiger partial charge in [0.15, 0.2) is 16.3 Å². The van der Waals surface area contributed by atoms with E-state index >= 15 is 0 Å². The monoisotopic (exact) mass is 512 g/mol. The van der Waals surface area contributed by atoms with E-state index in [1.807, 2.05) is 31.3 Å². The molecule has 0 atom stereocenters. The smallest absolute Gasteiger partial charge is 0.255 e. The van der Waals surface area contributed by atoms with Crippen molar-refractivity contribution < 1.29 is 23.7 Å². The zero-order valence-corrected chi connectivity index (χ0v) is 21.9. The van der Waals surface area contributed by atoms with Crippen molar-refractivity contribution >= 4 is 22.9 Å². The van der Waals surface area contributed by atoms with Crippen LogP contribution in [0.1, 0.15) is 21.6 Å². The molecule has 1 amide bonds. The lowest BCUT2D eigenvalue weighted by atomic mass is 10.1. The molecule has 1 saturated heterocycles. The van der Waals surface area contributed by atoms with Crippen LogP contribution in [0.25, 0.3) is 0 Å². The molecule has 0 unspecified atom stereocenters. The number of rotatable bonds is 9. The van der Waals surface area contributed by atoms with Crippen LogP contribution in [0.3, 0.4) is 0 Å². The molecule has 36 heavy (non-hydrogen) atoms. The number of methoxy groups -OCH3 is 3. The molecule has 0 aliphatic carbocycles. The van der Waals surface area contributed by atoms with Crippen LogP contribution in [0, 0.1) is 0 Å². The minimum absolute atomic E-state index is 0.281. The molecular formula is C26H32N4O5S. The molecule has 0 bridgehead atoms. The van der Waals surface area contributed by atoms with Crippen LogP contribution in [0.5, 0.6) is 17.2 Å². The third-order valence-electron chi connectivity index (χ3n) is 6.08. The topological polar surface area (TPSA) is 86.6 Å². The van der Waals surface area contributed by atoms with Crippen LogP contribution in [0.4, 0.5) is 5.69 Å². The quantitative estimate of drug-likeness (QED) is 0.474. The molecule has 192 valence electrons. The van der Waals surface area contributed by atoms with Crippen molar-refractivity contribution in [3.8, 4) is 17.2 Å². The third-order valence-corrected chi connectivity index (χ3v) is 7.09. The first-order valence-electron chi connectivity index (χ1n) is 11.7. The Morgan fingerprint density at radius 1 is 1.08 bits per heavy atom. The Hall–Kier alpha value is -3.34. The van der Waals surface area contributed by atoms with Crippen molar-refractivity contribution in [3.05, 3.63) is 63.4 Å². The number of anilines is 1. The fourth-order valence-electron chi connectivity index (χ4n) is 4.02. The van der Waals surface area contributed by atoms with E-state index < -0.39 is 0 Å². The number of nitrogens with one attached hydrogen (secondary N) is 1. The molecule has 0 radical (unpaired) electrons. The molecule has 0 saturated carbocycles. The molecule has 0 spiro atoms. The van der Waals surface area contributed by atoms with Crippen LogP contribution >= 0.6 is 11.3 Å². The second-order valence-corrected chi connectivity index (χ2v) is 9.14. The van der Waals surface area contributed by atoms with Gasteiger partial charge in [-0.1, -0.05) is 18.2 Å². The summed E-state index contributed by atoms with van der Waals surface area (Å²) in [6.07, 6.45) is 0. The largest absolute Gasteiger partial charge is 0.493 e. The molecule has 4 rings (SSSR count). The summed E-state index contributed by atoms with van der Waals surface area (Å²) < 4.78 is 23.7. The van der Waals surface area contributed by atoms with Crippen molar-refractivity contribution in [2.75, 3.05) is 52.9 Å². The number of ether oxygens (including phenoxy) is 4. The van der Waals surface area contributed by atoms with Crippen molar-refractivity contribution in [3.63, 3.8) is 0 Å². The van der Waals surface area contributed by atoms with Gasteiger partial charge in [-0.2, -0.15) is 0 Å². The number of amides is 1. The van der Waals surface area contributed by atoms with Crippen LogP contribution in [-0.2, 0) is 24.9 Å². The number of hydrogen-bond acceptors (Lipinski definition) is 8. The van der Waals surface area contributed by atoms with Crippen molar-refractivity contribution in [2.45, 2.75) is 13.1 Å². The highest BCUT2D eigenvalue weighted by molar-refractivity contribution is 7.07. The van der Waals surface area contributed by atoms with E-state index in [1.54, 1.807) is 23.5 Å². The number of morpholine rings is 1. The molecule has 10 heteroatoms. The summed E-state index contributed by atoms with van der Waals surface area (Å²) in [7, 11) is 6.61. The van der Waals surface area contributed by atoms with E-state index in [-0.39, 0.29) is 5.91 Å². The molecule has 2 aromatic carbocycles. The Balaban J connectivity index is 1.51. The van der Waals surface area contributed by atoms with Gasteiger partial charge in [-0.3, -0.25) is 14.7 Å². The van der Waals surface area contributed by atoms with Crippen molar-refractivity contribution in [1.29, 1.82) is 0 Å². The first-order chi connectivity index (χ1) is 17.5. The first kappa shape index (κ1) is 25.7. The standard InChI is InChI=1S/C26H32N4O5S/c1-29-20(16-30-9-11-35-12-10-30)17-36-26(29)27-15-18-7-5-6-8-21(18)28-25(31)19-13-22(32-2)24(34-4)23(14-19)33-3/h5-8,13-14,17H,9-12,15-16H2,1-4H3,(H,28,31). The predicted molar refractivity (Wildman–Crippen MR) is 139 cm³/mol. The van der Waals surface area contributed by atoms with E-state index in [0.717, 1.165) is 43.2 Å². The first-order valence-corrected chi connectivity index (χ1v) is 12.5. The molecule has 2 heterocycles. The fourth-order valence-corrected chi connectivity index (χ4v) is 4.90. The second kappa shape index (κ2) is 12.1. The fraction of sp³-hybridized carbons (Fsp3) is 0.385. The van der Waals surface area contributed by atoms with E-state index in [0.29, 0.717) is 35.0 Å². The summed E-state index contributed by atoms with van der Waals surface area (Å²) in [5.74, 6) is 0.996. The van der Waals surface area contributed by atoms with Gasteiger partial charge in [-0.15, -0.1) is 11.3 Å². The Kier molecular flexibility index (Phi) is 8.63. The number of thiazole rings is 1. The number of carbonyl (C=O) groups excluding carboxylic acids is 1. The van der Waals surface area contributed by atoms with E-state index in [4.69, 9.17) is 23.9 Å². The molecule has 9 nitrogen and oxygen atoms in total. The summed E-state index contributed by atoms with van der Waals surface area (Å²) in [5, 5.41) is 5.16. The van der Waals surface area contributed by atoms with E-state index in [2.05, 4.69) is 20.2 Å². The highest BCUT2D eigenvalue weighted by Gasteiger charge is 2.18. The Labute approximate surface area is 214 Å². The summed E-state index contributed by atoms with van der Waals surface area (Å²) >= 11 is 1.62. The van der Waals surface area contributed by atoms with Gasteiger partial charge in [0.25, 0.3) is 5.91 Å². The zero-order chi connectivity index (χ0) is 25.5. The van der Waals surface area contributed by atoms with Gasteiger partial charge < -0.3 is 28.8 Å². The van der Waals surface area contributed by atoms with Gasteiger partial charge in [0.05, 0.1) is 41.1 Å². The average molecular weight is 513 g/mol. The summed E-state index contributed by atoms with van der Waals surface area (Å²) in [5.41, 5.74) is 3.24. The van der Waals surface area contributed by atoms with Gasteiger partial charge in [0, 0.05) is 49.0 Å². The minimum atomic E-state index is -0.281. The molecule has 1 aliphatic heterocycles. The van der Waals surface area contributed by atoms with Gasteiger partial charge in [-0.25, -0.2) is 0 Å². The Morgan fingerprint density at radius 3 is 2.44 bits per heavy atom. The number of nitrogens with zero attached hydrogens (tertiary/aromatic N) is 3. The maximum atomic E-state index is 13.1. The van der Waals surface area contributed by atoms with Crippen molar-refractivity contribution in [1.82, 2.24) is 9.47 Å². The van der Waals surface area contributed by atoms with Gasteiger partial charge in [0.1, 0.15) is 0 Å². The number of aromatic nitrogens is 1. The summed E-state index contributed by atoms with van der Waals surface area (Å²) in [4.78, 5) is 21.3. The summed E-state index contributed by atoms with van der Waals surface area (Å²) in [6.45, 7) is 4.78. The highest BCUT2D eigenvalue weighted by Crippen LogP contribution is 2.38. The normalized spacial score (nSPS) is 14.5. The Bertz CT molecular complexity index is 1240. The lowest BCUT2D eigenvalue weighted by Crippen LogP contribution is -2.36. The summed E-state index contributed by atoms with van der Waals surface area (Å²) in [6, 6.07) is 10.9. The number of carbonyl (C=O) groups is 1. The van der Waals surface area contributed by atoms with Crippen LogP contribution < -0.4 is 24.3 Å². The average Bonchev–Trinajstić information content (AvgIpc) is 3.26. The number of para-hydroxylation sites is 1. The molecule has 1 aromatic heterocycles. The van der Waals surface area contributed by atoms with Gasteiger partial charge in [0.2, 0.25) is 5.75 Å². The zero-order valence-electron chi connectivity index (χ0n) is 21.1. The van der Waals surface area contributed by atoms with Gasteiger partial charge >= 0.3 is 0 Å². The Morgan fingerprint density at radius 2 is 1.78 bits per heavy atom. The maximum absolute atomic E-state index is 13.1. The minimum Gasteiger partial charge on any atom is -0.493 e. The van der Waals surface area contributed by atoms with E-state index in [9.17, 15) is 4.79 Å². The van der Waals surface area contributed by atoms with Crippen LogP contribution in [0.2, 0.25) is 0 Å². The second-order valence-electron chi connectivity index (χ2n) is 8.30. The lowest BCUT2D eigenvalue weighted by Gasteiger charge is -2.26. The third kappa shape index (κ3) is 5.89. The highest BCUT2D eigenvalue weighted by atomic mass is 32.1. The van der Waals surface area contributed by atoms with Gasteiger partial charge in [-0.05, 0) is 23.8 Å². The van der Waals surface area contributed by atoms with Crippen LogP contribution in [-0.4, -0.2) is 63.0 Å².